The van der Waals surface area contributed by atoms with Crippen LogP contribution in [0.4, 0.5) is 0 Å². The van der Waals surface area contributed by atoms with Crippen molar-refractivity contribution in [3.63, 3.8) is 0 Å². The standard InChI is InChI=1S/C18H22N2O2S/c1-12-5-10-17(16-4-3-11-19-18(12)16)23(21,22)20(15-8-9-15)13(2)14-6-7-14/h3-5,10-11,13-15H,6-9H2,1-2H3/t13-/m0/s1. The highest BCUT2D eigenvalue weighted by molar-refractivity contribution is 7.89. The maximum atomic E-state index is 13.4. The fraction of sp³-hybridized carbons (Fsp3) is 0.500. The summed E-state index contributed by atoms with van der Waals surface area (Å²) in [7, 11) is -3.49. The van der Waals surface area contributed by atoms with E-state index >= 15 is 0 Å². The smallest absolute Gasteiger partial charge is 0.244 e. The van der Waals surface area contributed by atoms with Gasteiger partial charge in [-0.05, 0) is 69.2 Å². The summed E-state index contributed by atoms with van der Waals surface area (Å²) in [5.41, 5.74) is 1.79. The van der Waals surface area contributed by atoms with Gasteiger partial charge in [0.05, 0.1) is 10.4 Å². The predicted octanol–water partition coefficient (Wildman–Crippen LogP) is 3.49. The molecule has 0 radical (unpaired) electrons. The third kappa shape index (κ3) is 2.56. The van der Waals surface area contributed by atoms with Gasteiger partial charge in [-0.2, -0.15) is 4.31 Å². The highest BCUT2D eigenvalue weighted by atomic mass is 32.2. The summed E-state index contributed by atoms with van der Waals surface area (Å²) in [5, 5.41) is 0.737. The Morgan fingerprint density at radius 1 is 1.17 bits per heavy atom. The molecular weight excluding hydrogens is 308 g/mol. The molecule has 2 fully saturated rings. The number of fused-ring (bicyclic) bond motifs is 1. The lowest BCUT2D eigenvalue weighted by Crippen LogP contribution is -2.41. The molecule has 1 heterocycles. The van der Waals surface area contributed by atoms with Gasteiger partial charge in [-0.15, -0.1) is 0 Å². The summed E-state index contributed by atoms with van der Waals surface area (Å²) >= 11 is 0. The van der Waals surface area contributed by atoms with Gasteiger partial charge in [-0.3, -0.25) is 4.98 Å². The SMILES string of the molecule is Cc1ccc(S(=O)(=O)N(C2CC2)[C@@H](C)C2CC2)c2cccnc12. The third-order valence-corrected chi connectivity index (χ3v) is 7.20. The number of benzene rings is 1. The molecule has 0 bridgehead atoms. The fourth-order valence-electron chi connectivity index (χ4n) is 3.49. The van der Waals surface area contributed by atoms with Crippen molar-refractivity contribution >= 4 is 20.9 Å². The Hall–Kier alpha value is -1.46. The van der Waals surface area contributed by atoms with Crippen LogP contribution in [-0.2, 0) is 10.0 Å². The zero-order chi connectivity index (χ0) is 16.2. The van der Waals surface area contributed by atoms with Crippen molar-refractivity contribution in [2.45, 2.75) is 56.5 Å². The quantitative estimate of drug-likeness (QED) is 0.843. The molecule has 23 heavy (non-hydrogen) atoms. The number of aryl methyl sites for hydroxylation is 1. The Labute approximate surface area is 137 Å². The molecule has 2 aliphatic rings. The van der Waals surface area contributed by atoms with Crippen molar-refractivity contribution in [1.82, 2.24) is 9.29 Å². The number of rotatable bonds is 5. The number of hydrogen-bond donors (Lipinski definition) is 0. The Bertz CT molecular complexity index is 854. The van der Waals surface area contributed by atoms with E-state index in [1.807, 2.05) is 25.1 Å². The first-order valence-electron chi connectivity index (χ1n) is 8.38. The molecule has 4 nitrogen and oxygen atoms in total. The van der Waals surface area contributed by atoms with Gasteiger partial charge in [0.15, 0.2) is 0 Å². The Morgan fingerprint density at radius 2 is 1.91 bits per heavy atom. The van der Waals surface area contributed by atoms with Gasteiger partial charge in [0.25, 0.3) is 0 Å². The summed E-state index contributed by atoms with van der Waals surface area (Å²) in [6.07, 6.45) is 5.99. The lowest BCUT2D eigenvalue weighted by atomic mass is 10.1. The van der Waals surface area contributed by atoms with Gasteiger partial charge < -0.3 is 0 Å². The number of pyridine rings is 1. The molecule has 0 spiro atoms. The van der Waals surface area contributed by atoms with Gasteiger partial charge >= 0.3 is 0 Å². The maximum Gasteiger partial charge on any atom is 0.244 e. The van der Waals surface area contributed by atoms with E-state index in [1.165, 1.54) is 0 Å². The molecule has 1 aromatic heterocycles. The largest absolute Gasteiger partial charge is 0.256 e. The molecule has 1 atom stereocenters. The van der Waals surface area contributed by atoms with E-state index in [4.69, 9.17) is 0 Å². The lowest BCUT2D eigenvalue weighted by molar-refractivity contribution is 0.302. The van der Waals surface area contributed by atoms with Crippen LogP contribution in [0.2, 0.25) is 0 Å². The topological polar surface area (TPSA) is 50.3 Å². The van der Waals surface area contributed by atoms with Gasteiger partial charge in [-0.1, -0.05) is 6.07 Å². The van der Waals surface area contributed by atoms with Gasteiger partial charge in [-0.25, -0.2) is 8.42 Å². The van der Waals surface area contributed by atoms with Crippen LogP contribution in [0.5, 0.6) is 0 Å². The van der Waals surface area contributed by atoms with Gasteiger partial charge in [0.2, 0.25) is 10.0 Å². The van der Waals surface area contributed by atoms with Crippen LogP contribution >= 0.6 is 0 Å². The Morgan fingerprint density at radius 3 is 2.57 bits per heavy atom. The molecule has 5 heteroatoms. The first kappa shape index (κ1) is 15.1. The molecule has 2 aliphatic carbocycles. The van der Waals surface area contributed by atoms with Crippen LogP contribution in [0.1, 0.15) is 38.2 Å². The van der Waals surface area contributed by atoms with Crippen LogP contribution in [0, 0.1) is 12.8 Å². The fourth-order valence-corrected chi connectivity index (χ4v) is 5.61. The molecule has 122 valence electrons. The minimum atomic E-state index is -3.49. The monoisotopic (exact) mass is 330 g/mol. The second-order valence-electron chi connectivity index (χ2n) is 6.92. The van der Waals surface area contributed by atoms with E-state index in [0.29, 0.717) is 10.8 Å². The lowest BCUT2D eigenvalue weighted by Gasteiger charge is -2.29. The first-order valence-corrected chi connectivity index (χ1v) is 9.82. The second-order valence-corrected chi connectivity index (χ2v) is 8.74. The average molecular weight is 330 g/mol. The van der Waals surface area contributed by atoms with E-state index in [9.17, 15) is 8.42 Å². The zero-order valence-electron chi connectivity index (χ0n) is 13.6. The minimum absolute atomic E-state index is 0.0977. The molecule has 4 rings (SSSR count). The average Bonchev–Trinajstić information content (AvgIpc) is 3.39. The number of aromatic nitrogens is 1. The Kier molecular flexibility index (Phi) is 3.46. The van der Waals surface area contributed by atoms with Gasteiger partial charge in [0, 0.05) is 23.7 Å². The summed E-state index contributed by atoms with van der Waals surface area (Å²) in [4.78, 5) is 4.79. The van der Waals surface area contributed by atoms with Crippen LogP contribution in [0.25, 0.3) is 10.9 Å². The van der Waals surface area contributed by atoms with Crippen molar-refractivity contribution in [3.05, 3.63) is 36.0 Å². The van der Waals surface area contributed by atoms with E-state index in [0.717, 1.165) is 42.1 Å². The molecular formula is C18H22N2O2S. The Balaban J connectivity index is 1.86. The normalized spacial score (nSPS) is 20.1. The second kappa shape index (κ2) is 5.28. The van der Waals surface area contributed by atoms with Crippen molar-refractivity contribution in [2.24, 2.45) is 5.92 Å². The maximum absolute atomic E-state index is 13.4. The van der Waals surface area contributed by atoms with Crippen molar-refractivity contribution < 1.29 is 8.42 Å². The first-order chi connectivity index (χ1) is 11.0. The summed E-state index contributed by atoms with van der Waals surface area (Å²) < 4.78 is 28.6. The van der Waals surface area contributed by atoms with E-state index in [2.05, 4.69) is 11.9 Å². The van der Waals surface area contributed by atoms with Gasteiger partial charge in [0.1, 0.15) is 0 Å². The van der Waals surface area contributed by atoms with Crippen LogP contribution in [0.3, 0.4) is 0 Å². The summed E-state index contributed by atoms with van der Waals surface area (Å²) in [5.74, 6) is 0.528. The van der Waals surface area contributed by atoms with E-state index in [1.54, 1.807) is 16.6 Å². The van der Waals surface area contributed by atoms with Crippen LogP contribution in [0.15, 0.2) is 35.4 Å². The van der Waals surface area contributed by atoms with Crippen molar-refractivity contribution in [3.8, 4) is 0 Å². The summed E-state index contributed by atoms with van der Waals surface area (Å²) in [6.45, 7) is 4.04. The number of sulfonamides is 1. The summed E-state index contributed by atoms with van der Waals surface area (Å²) in [6, 6.07) is 7.59. The van der Waals surface area contributed by atoms with Crippen LogP contribution in [-0.4, -0.2) is 29.8 Å². The molecule has 2 aromatic rings. The van der Waals surface area contributed by atoms with E-state index in [-0.39, 0.29) is 12.1 Å². The molecule has 0 saturated heterocycles. The molecule has 0 unspecified atom stereocenters. The molecule has 0 aliphatic heterocycles. The highest BCUT2D eigenvalue weighted by Crippen LogP contribution is 2.43. The minimum Gasteiger partial charge on any atom is -0.256 e. The number of nitrogens with zero attached hydrogens (tertiary/aromatic N) is 2. The van der Waals surface area contributed by atoms with Crippen LogP contribution < -0.4 is 0 Å². The predicted molar refractivity (Wildman–Crippen MR) is 90.7 cm³/mol. The molecule has 0 N–H and O–H groups in total. The third-order valence-electron chi connectivity index (χ3n) is 5.10. The van der Waals surface area contributed by atoms with Crippen molar-refractivity contribution in [1.29, 1.82) is 0 Å². The number of hydrogen-bond acceptors (Lipinski definition) is 3. The zero-order valence-corrected chi connectivity index (χ0v) is 14.4. The van der Waals surface area contributed by atoms with Crippen molar-refractivity contribution in [2.75, 3.05) is 0 Å². The highest BCUT2D eigenvalue weighted by Gasteiger charge is 2.46. The molecule has 0 amide bonds. The molecule has 1 aromatic carbocycles. The van der Waals surface area contributed by atoms with E-state index < -0.39 is 10.0 Å². The molecule has 2 saturated carbocycles.